The lowest BCUT2D eigenvalue weighted by molar-refractivity contribution is 0.363. The number of halogens is 1. The molecule has 2 rings (SSSR count). The topological polar surface area (TPSA) is 32.3 Å². The van der Waals surface area contributed by atoms with Crippen molar-refractivity contribution < 1.29 is 5.11 Å². The van der Waals surface area contributed by atoms with E-state index in [2.05, 4.69) is 21.2 Å². The molecule has 1 heterocycles. The molecule has 1 aliphatic heterocycles. The van der Waals surface area contributed by atoms with Crippen LogP contribution in [0.1, 0.15) is 23.6 Å². The van der Waals surface area contributed by atoms with Gasteiger partial charge >= 0.3 is 0 Å². The molecule has 2 nitrogen and oxygen atoms in total. The maximum absolute atomic E-state index is 9.77. The van der Waals surface area contributed by atoms with Crippen LogP contribution >= 0.6 is 15.9 Å². The minimum Gasteiger partial charge on any atom is -0.506 e. The van der Waals surface area contributed by atoms with E-state index in [9.17, 15) is 5.11 Å². The zero-order valence-electron chi connectivity index (χ0n) is 7.47. The van der Waals surface area contributed by atoms with Gasteiger partial charge in [0.05, 0.1) is 4.47 Å². The van der Waals surface area contributed by atoms with E-state index in [1.165, 1.54) is 5.56 Å². The highest BCUT2D eigenvalue weighted by atomic mass is 79.9. The monoisotopic (exact) mass is 241 g/mol. The second-order valence-corrected chi connectivity index (χ2v) is 4.33. The standard InChI is InChI=1S/C10H12BrNO/c1-6-4-7(9-2-3-12-9)10(13)8(11)5-6/h4-5,9,12-13H,2-3H2,1H3/t9-/m0/s1. The fraction of sp³-hybridized carbons (Fsp3) is 0.400. The van der Waals surface area contributed by atoms with E-state index in [0.717, 1.165) is 23.0 Å². The lowest BCUT2D eigenvalue weighted by atomic mass is 9.96. The highest BCUT2D eigenvalue weighted by Crippen LogP contribution is 2.36. The Kier molecular flexibility index (Phi) is 2.30. The Bertz CT molecular complexity index is 334. The fourth-order valence-electron chi connectivity index (χ4n) is 1.58. The summed E-state index contributed by atoms with van der Waals surface area (Å²) in [4.78, 5) is 0. The lowest BCUT2D eigenvalue weighted by Crippen LogP contribution is -2.35. The molecule has 0 spiro atoms. The van der Waals surface area contributed by atoms with Gasteiger partial charge in [0.2, 0.25) is 0 Å². The minimum absolute atomic E-state index is 0.344. The zero-order chi connectivity index (χ0) is 9.42. The van der Waals surface area contributed by atoms with Gasteiger partial charge in [-0.1, -0.05) is 6.07 Å². The van der Waals surface area contributed by atoms with Crippen LogP contribution in [0.2, 0.25) is 0 Å². The Morgan fingerprint density at radius 2 is 2.23 bits per heavy atom. The predicted octanol–water partition coefficient (Wildman–Crippen LogP) is 2.50. The summed E-state index contributed by atoms with van der Waals surface area (Å²) in [5, 5.41) is 13.0. The van der Waals surface area contributed by atoms with Crippen LogP contribution in [0.4, 0.5) is 0 Å². The molecule has 1 aromatic rings. The highest BCUT2D eigenvalue weighted by Gasteiger charge is 2.22. The Balaban J connectivity index is 2.42. The van der Waals surface area contributed by atoms with Gasteiger partial charge in [0, 0.05) is 11.6 Å². The molecule has 3 heteroatoms. The maximum Gasteiger partial charge on any atom is 0.134 e. The number of aryl methyl sites for hydroxylation is 1. The first-order valence-corrected chi connectivity index (χ1v) is 5.20. The maximum atomic E-state index is 9.77. The molecule has 0 bridgehead atoms. The van der Waals surface area contributed by atoms with Crippen LogP contribution in [0.5, 0.6) is 5.75 Å². The van der Waals surface area contributed by atoms with Crippen molar-refractivity contribution in [3.8, 4) is 5.75 Å². The van der Waals surface area contributed by atoms with Gasteiger partial charge in [-0.05, 0) is 47.4 Å². The van der Waals surface area contributed by atoms with Crippen LogP contribution in [-0.2, 0) is 0 Å². The van der Waals surface area contributed by atoms with Crippen LogP contribution in [-0.4, -0.2) is 11.7 Å². The number of aromatic hydroxyl groups is 1. The van der Waals surface area contributed by atoms with Crippen LogP contribution < -0.4 is 5.32 Å². The number of phenols is 1. The number of benzene rings is 1. The van der Waals surface area contributed by atoms with Crippen molar-refractivity contribution in [2.24, 2.45) is 0 Å². The quantitative estimate of drug-likeness (QED) is 0.792. The summed E-state index contributed by atoms with van der Waals surface area (Å²) < 4.78 is 0.788. The first-order valence-electron chi connectivity index (χ1n) is 4.41. The molecule has 1 fully saturated rings. The molecule has 1 atom stereocenters. The SMILES string of the molecule is Cc1cc(Br)c(O)c([C@@H]2CCN2)c1. The summed E-state index contributed by atoms with van der Waals surface area (Å²) in [5.41, 5.74) is 2.19. The third kappa shape index (κ3) is 1.58. The fourth-order valence-corrected chi connectivity index (χ4v) is 2.17. The van der Waals surface area contributed by atoms with Crippen LogP contribution in [0, 0.1) is 6.92 Å². The number of rotatable bonds is 1. The van der Waals surface area contributed by atoms with Crippen molar-refractivity contribution >= 4 is 15.9 Å². The van der Waals surface area contributed by atoms with Gasteiger partial charge in [-0.3, -0.25) is 0 Å². The van der Waals surface area contributed by atoms with Crippen LogP contribution in [0.3, 0.4) is 0 Å². The number of hydrogen-bond donors (Lipinski definition) is 2. The van der Waals surface area contributed by atoms with Crippen molar-refractivity contribution in [2.75, 3.05) is 6.54 Å². The van der Waals surface area contributed by atoms with Crippen LogP contribution in [0.25, 0.3) is 0 Å². The summed E-state index contributed by atoms with van der Waals surface area (Å²) in [6, 6.07) is 4.31. The molecule has 2 N–H and O–H groups in total. The van der Waals surface area contributed by atoms with Gasteiger partial charge in [-0.2, -0.15) is 0 Å². The van der Waals surface area contributed by atoms with Crippen molar-refractivity contribution in [1.82, 2.24) is 5.32 Å². The zero-order valence-corrected chi connectivity index (χ0v) is 9.06. The molecule has 1 aliphatic rings. The summed E-state index contributed by atoms with van der Waals surface area (Å²) in [6.45, 7) is 3.09. The van der Waals surface area contributed by atoms with E-state index < -0.39 is 0 Å². The number of nitrogens with one attached hydrogen (secondary N) is 1. The normalized spacial score (nSPS) is 21.2. The summed E-state index contributed by atoms with van der Waals surface area (Å²) in [6.07, 6.45) is 1.11. The second kappa shape index (κ2) is 3.31. The van der Waals surface area contributed by atoms with E-state index >= 15 is 0 Å². The van der Waals surface area contributed by atoms with Crippen molar-refractivity contribution in [2.45, 2.75) is 19.4 Å². The number of phenolic OH excluding ortho intramolecular Hbond substituents is 1. The van der Waals surface area contributed by atoms with E-state index in [4.69, 9.17) is 0 Å². The summed E-state index contributed by atoms with van der Waals surface area (Å²) in [7, 11) is 0. The Morgan fingerprint density at radius 1 is 1.54 bits per heavy atom. The predicted molar refractivity (Wildman–Crippen MR) is 55.9 cm³/mol. The molecular weight excluding hydrogens is 230 g/mol. The molecule has 0 aliphatic carbocycles. The molecule has 1 saturated heterocycles. The molecule has 13 heavy (non-hydrogen) atoms. The number of hydrogen-bond acceptors (Lipinski definition) is 2. The van der Waals surface area contributed by atoms with Crippen molar-refractivity contribution in [3.05, 3.63) is 27.7 Å². The molecule has 0 unspecified atom stereocenters. The van der Waals surface area contributed by atoms with Gasteiger partial charge in [0.1, 0.15) is 5.75 Å². The van der Waals surface area contributed by atoms with E-state index in [-0.39, 0.29) is 0 Å². The Hall–Kier alpha value is -0.540. The molecule has 0 amide bonds. The van der Waals surface area contributed by atoms with E-state index in [1.54, 1.807) is 0 Å². The van der Waals surface area contributed by atoms with Crippen molar-refractivity contribution in [3.63, 3.8) is 0 Å². The summed E-state index contributed by atoms with van der Waals surface area (Å²) in [5.74, 6) is 0.378. The molecular formula is C10H12BrNO. The average molecular weight is 242 g/mol. The average Bonchev–Trinajstić information content (AvgIpc) is 1.95. The van der Waals surface area contributed by atoms with Gasteiger partial charge < -0.3 is 10.4 Å². The van der Waals surface area contributed by atoms with E-state index in [1.807, 2.05) is 19.1 Å². The third-order valence-corrected chi connectivity index (χ3v) is 3.04. The molecule has 0 aromatic heterocycles. The van der Waals surface area contributed by atoms with Gasteiger partial charge in [0.25, 0.3) is 0 Å². The smallest absolute Gasteiger partial charge is 0.134 e. The van der Waals surface area contributed by atoms with Gasteiger partial charge in [0.15, 0.2) is 0 Å². The molecule has 1 aromatic carbocycles. The largest absolute Gasteiger partial charge is 0.506 e. The van der Waals surface area contributed by atoms with Gasteiger partial charge in [-0.25, -0.2) is 0 Å². The lowest BCUT2D eigenvalue weighted by Gasteiger charge is -2.29. The Morgan fingerprint density at radius 3 is 2.77 bits per heavy atom. The van der Waals surface area contributed by atoms with Crippen molar-refractivity contribution in [1.29, 1.82) is 0 Å². The first-order chi connectivity index (χ1) is 6.18. The van der Waals surface area contributed by atoms with E-state index in [0.29, 0.717) is 11.8 Å². The third-order valence-electron chi connectivity index (χ3n) is 2.44. The second-order valence-electron chi connectivity index (χ2n) is 3.48. The first kappa shape index (κ1) is 9.03. The highest BCUT2D eigenvalue weighted by molar-refractivity contribution is 9.10. The van der Waals surface area contributed by atoms with Crippen LogP contribution in [0.15, 0.2) is 16.6 Å². The Labute approximate surface area is 86.1 Å². The van der Waals surface area contributed by atoms with Gasteiger partial charge in [-0.15, -0.1) is 0 Å². The molecule has 0 radical (unpaired) electrons. The molecule has 0 saturated carbocycles. The molecule has 70 valence electrons. The minimum atomic E-state index is 0.344. The summed E-state index contributed by atoms with van der Waals surface area (Å²) >= 11 is 3.34.